The molecule has 1 atom stereocenters. The molecule has 0 unspecified atom stereocenters. The average Bonchev–Trinajstić information content (AvgIpc) is 2.76. The molecule has 0 aliphatic carbocycles. The topological polar surface area (TPSA) is 66.5 Å². The van der Waals surface area contributed by atoms with Gasteiger partial charge in [-0.05, 0) is 66.6 Å². The molecule has 3 rings (SSSR count). The van der Waals surface area contributed by atoms with Gasteiger partial charge in [-0.3, -0.25) is 4.79 Å². The molecule has 0 bridgehead atoms. The first-order valence-corrected chi connectivity index (χ1v) is 13.2. The van der Waals surface area contributed by atoms with Crippen molar-refractivity contribution >= 4 is 66.7 Å². The van der Waals surface area contributed by atoms with E-state index in [1.807, 2.05) is 31.2 Å². The molecule has 0 saturated heterocycles. The zero-order chi connectivity index (χ0) is 24.2. The van der Waals surface area contributed by atoms with E-state index in [1.54, 1.807) is 18.2 Å². The van der Waals surface area contributed by atoms with Crippen molar-refractivity contribution in [3.05, 3.63) is 97.4 Å². The molecule has 33 heavy (non-hydrogen) atoms. The van der Waals surface area contributed by atoms with Crippen LogP contribution in [-0.2, 0) is 21.4 Å². The summed E-state index contributed by atoms with van der Waals surface area (Å²) in [6, 6.07) is 17.8. The highest BCUT2D eigenvalue weighted by molar-refractivity contribution is 9.10. The maximum absolute atomic E-state index is 13.4. The molecule has 3 aromatic rings. The van der Waals surface area contributed by atoms with Gasteiger partial charge in [-0.15, -0.1) is 0 Å². The summed E-state index contributed by atoms with van der Waals surface area (Å²) in [6.45, 7) is 1.38. The molecule has 5 nitrogen and oxygen atoms in total. The maximum atomic E-state index is 13.4. The Morgan fingerprint density at radius 1 is 0.970 bits per heavy atom. The van der Waals surface area contributed by atoms with Crippen LogP contribution in [0.25, 0.3) is 0 Å². The summed E-state index contributed by atoms with van der Waals surface area (Å²) in [5, 5.41) is 3.92. The Hall–Kier alpha value is -1.61. The number of hydrogen-bond donors (Lipinski definition) is 1. The zero-order valence-corrected chi connectivity index (χ0v) is 22.1. The molecule has 1 amide bonds. The molecule has 10 heteroatoms. The second kappa shape index (κ2) is 11.2. The van der Waals surface area contributed by atoms with Gasteiger partial charge in [-0.25, -0.2) is 8.42 Å². The Balaban J connectivity index is 1.85. The normalized spacial score (nSPS) is 12.5. The van der Waals surface area contributed by atoms with Crippen LogP contribution in [0.3, 0.4) is 0 Å². The Labute approximate surface area is 216 Å². The highest BCUT2D eigenvalue weighted by atomic mass is 79.9. The summed E-state index contributed by atoms with van der Waals surface area (Å²) in [4.78, 5) is 12.9. The van der Waals surface area contributed by atoms with Crippen molar-refractivity contribution in [2.75, 3.05) is 6.54 Å². The molecule has 0 aromatic heterocycles. The highest BCUT2D eigenvalue weighted by Crippen LogP contribution is 2.26. The van der Waals surface area contributed by atoms with E-state index in [9.17, 15) is 13.2 Å². The maximum Gasteiger partial charge on any atom is 0.243 e. The van der Waals surface area contributed by atoms with E-state index in [0.717, 1.165) is 14.3 Å². The predicted octanol–water partition coefficient (Wildman–Crippen LogP) is 6.48. The van der Waals surface area contributed by atoms with Crippen molar-refractivity contribution in [3.63, 3.8) is 0 Å². The molecule has 174 valence electrons. The number of amides is 1. The molecule has 0 radical (unpaired) electrons. The van der Waals surface area contributed by atoms with Gasteiger partial charge < -0.3 is 5.32 Å². The second-order valence-corrected chi connectivity index (χ2v) is 11.4. The first kappa shape index (κ1) is 26.0. The molecule has 3 aromatic carbocycles. The van der Waals surface area contributed by atoms with Crippen LogP contribution in [0.4, 0.5) is 0 Å². The van der Waals surface area contributed by atoms with Gasteiger partial charge in [0.2, 0.25) is 15.9 Å². The molecule has 0 fully saturated rings. The number of sulfonamides is 1. The number of carbonyl (C=O) groups excluding carboxylic acids is 1. The van der Waals surface area contributed by atoms with E-state index >= 15 is 0 Å². The number of rotatable bonds is 8. The van der Waals surface area contributed by atoms with Gasteiger partial charge in [-0.1, -0.05) is 68.9 Å². The molecule has 1 N–H and O–H groups in total. The summed E-state index contributed by atoms with van der Waals surface area (Å²) in [7, 11) is -4.01. The fraction of sp³-hybridized carbons (Fsp3) is 0.174. The van der Waals surface area contributed by atoms with E-state index in [4.69, 9.17) is 34.8 Å². The minimum absolute atomic E-state index is 0.0284. The van der Waals surface area contributed by atoms with Crippen LogP contribution in [-0.4, -0.2) is 25.2 Å². The lowest BCUT2D eigenvalue weighted by atomic mass is 10.1. The second-order valence-electron chi connectivity index (χ2n) is 7.32. The van der Waals surface area contributed by atoms with Crippen molar-refractivity contribution in [1.29, 1.82) is 0 Å². The van der Waals surface area contributed by atoms with Crippen molar-refractivity contribution in [3.8, 4) is 0 Å². The smallest absolute Gasteiger partial charge is 0.243 e. The predicted molar refractivity (Wildman–Crippen MR) is 136 cm³/mol. The Morgan fingerprint density at radius 3 is 2.21 bits per heavy atom. The zero-order valence-electron chi connectivity index (χ0n) is 17.4. The van der Waals surface area contributed by atoms with Gasteiger partial charge in [0.15, 0.2) is 0 Å². The molecule has 0 spiro atoms. The number of benzene rings is 3. The molecule has 0 saturated carbocycles. The van der Waals surface area contributed by atoms with E-state index in [0.29, 0.717) is 20.6 Å². The van der Waals surface area contributed by atoms with Gasteiger partial charge in [-0.2, -0.15) is 4.31 Å². The van der Waals surface area contributed by atoms with E-state index in [1.165, 1.54) is 24.3 Å². The Morgan fingerprint density at radius 2 is 1.61 bits per heavy atom. The van der Waals surface area contributed by atoms with Crippen molar-refractivity contribution in [1.82, 2.24) is 9.62 Å². The SMILES string of the molecule is C[C@H](NC(=O)CN(Cc1ccc(Cl)c(Cl)c1)S(=O)(=O)c1ccc(Cl)cc1)c1ccc(Br)cc1. The van der Waals surface area contributed by atoms with Crippen molar-refractivity contribution in [2.24, 2.45) is 0 Å². The van der Waals surface area contributed by atoms with E-state index in [-0.39, 0.29) is 24.0 Å². The minimum Gasteiger partial charge on any atom is -0.348 e. The fourth-order valence-corrected chi connectivity index (χ4v) is 5.20. The largest absolute Gasteiger partial charge is 0.348 e. The van der Waals surface area contributed by atoms with E-state index in [2.05, 4.69) is 21.2 Å². The summed E-state index contributed by atoms with van der Waals surface area (Å²) in [5.74, 6) is -0.442. The summed E-state index contributed by atoms with van der Waals surface area (Å²) in [6.07, 6.45) is 0. The quantitative estimate of drug-likeness (QED) is 0.327. The molecule has 0 heterocycles. The Bertz CT molecular complexity index is 1240. The van der Waals surface area contributed by atoms with Crippen molar-refractivity contribution < 1.29 is 13.2 Å². The van der Waals surface area contributed by atoms with Crippen LogP contribution < -0.4 is 5.32 Å². The first-order chi connectivity index (χ1) is 15.6. The lowest BCUT2D eigenvalue weighted by Crippen LogP contribution is -2.41. The van der Waals surface area contributed by atoms with Crippen LogP contribution in [0.15, 0.2) is 76.1 Å². The number of nitrogens with one attached hydrogen (secondary N) is 1. The standard InChI is InChI=1S/C23H20BrCl3N2O3S/c1-15(17-3-5-18(24)6-4-17)28-23(30)14-29(13-16-2-11-21(26)22(27)12-16)33(31,32)20-9-7-19(25)8-10-20/h2-12,15H,13-14H2,1H3,(H,28,30)/t15-/m0/s1. The van der Waals surface area contributed by atoms with Crippen LogP contribution in [0.1, 0.15) is 24.1 Å². The van der Waals surface area contributed by atoms with Crippen LogP contribution in [0.5, 0.6) is 0 Å². The number of carbonyl (C=O) groups is 1. The monoisotopic (exact) mass is 588 g/mol. The van der Waals surface area contributed by atoms with E-state index < -0.39 is 15.9 Å². The summed E-state index contributed by atoms with van der Waals surface area (Å²) < 4.78 is 28.8. The van der Waals surface area contributed by atoms with Gasteiger partial charge >= 0.3 is 0 Å². The number of nitrogens with zero attached hydrogens (tertiary/aromatic N) is 1. The number of halogens is 4. The third-order valence-corrected chi connectivity index (χ3v) is 8.19. The van der Waals surface area contributed by atoms with Gasteiger partial charge in [0.05, 0.1) is 27.5 Å². The molecular weight excluding hydrogens is 571 g/mol. The van der Waals surface area contributed by atoms with Crippen LogP contribution in [0, 0.1) is 0 Å². The minimum atomic E-state index is -4.01. The number of hydrogen-bond acceptors (Lipinski definition) is 3. The molecule has 0 aliphatic rings. The Kier molecular flexibility index (Phi) is 8.83. The van der Waals surface area contributed by atoms with Gasteiger partial charge in [0, 0.05) is 16.0 Å². The molecule has 0 aliphatic heterocycles. The fourth-order valence-electron chi connectivity index (χ4n) is 3.11. The van der Waals surface area contributed by atoms with Gasteiger partial charge in [0.1, 0.15) is 0 Å². The highest BCUT2D eigenvalue weighted by Gasteiger charge is 2.27. The lowest BCUT2D eigenvalue weighted by Gasteiger charge is -2.23. The van der Waals surface area contributed by atoms with Crippen LogP contribution >= 0.6 is 50.7 Å². The third-order valence-electron chi connectivity index (χ3n) is 4.86. The average molecular weight is 591 g/mol. The lowest BCUT2D eigenvalue weighted by molar-refractivity contribution is -0.122. The summed E-state index contributed by atoms with van der Waals surface area (Å²) >= 11 is 21.4. The summed E-state index contributed by atoms with van der Waals surface area (Å²) in [5.41, 5.74) is 1.49. The third kappa shape index (κ3) is 6.94. The van der Waals surface area contributed by atoms with Crippen LogP contribution in [0.2, 0.25) is 15.1 Å². The molecular formula is C23H20BrCl3N2O3S. The van der Waals surface area contributed by atoms with Crippen molar-refractivity contribution in [2.45, 2.75) is 24.4 Å². The van der Waals surface area contributed by atoms with Gasteiger partial charge in [0.25, 0.3) is 0 Å². The first-order valence-electron chi connectivity index (χ1n) is 9.81.